The van der Waals surface area contributed by atoms with Crippen LogP contribution in [0.4, 0.5) is 0 Å². The minimum Gasteiger partial charge on any atom is -0.481 e. The number of nitrogens with one attached hydrogen (secondary N) is 1. The Kier molecular flexibility index (Phi) is 6.12. The van der Waals surface area contributed by atoms with Crippen molar-refractivity contribution >= 4 is 35.1 Å². The Balaban J connectivity index is 2.64. The number of halogens is 2. The summed E-state index contributed by atoms with van der Waals surface area (Å²) in [6, 6.07) is 4.63. The Morgan fingerprint density at radius 3 is 2.63 bits per heavy atom. The summed E-state index contributed by atoms with van der Waals surface area (Å²) >= 11 is 11.7. The van der Waals surface area contributed by atoms with Crippen LogP contribution < -0.4 is 5.32 Å². The topological polar surface area (TPSA) is 66.4 Å². The summed E-state index contributed by atoms with van der Waals surface area (Å²) in [6.45, 7) is 2.18. The lowest BCUT2D eigenvalue weighted by molar-refractivity contribution is -0.138. The van der Waals surface area contributed by atoms with Crippen LogP contribution in [0, 0.1) is 5.92 Å². The van der Waals surface area contributed by atoms with Gasteiger partial charge in [0.15, 0.2) is 0 Å². The molecule has 1 unspecified atom stereocenters. The van der Waals surface area contributed by atoms with E-state index < -0.39 is 5.97 Å². The second-order valence-electron chi connectivity index (χ2n) is 4.21. The molecule has 0 radical (unpaired) electrons. The molecule has 2 N–H and O–H groups in total. The molecule has 1 aromatic carbocycles. The van der Waals surface area contributed by atoms with Crippen LogP contribution in [0.3, 0.4) is 0 Å². The van der Waals surface area contributed by atoms with Crippen molar-refractivity contribution < 1.29 is 14.7 Å². The minimum atomic E-state index is -0.873. The molecule has 0 aliphatic carbocycles. The number of hydrogen-bond donors (Lipinski definition) is 2. The highest BCUT2D eigenvalue weighted by molar-refractivity contribution is 6.35. The fraction of sp³-hybridized carbons (Fsp3) is 0.385. The van der Waals surface area contributed by atoms with Gasteiger partial charge in [0.2, 0.25) is 0 Å². The van der Waals surface area contributed by atoms with Crippen LogP contribution in [0.15, 0.2) is 18.2 Å². The number of carboxylic acids is 1. The third-order valence-electron chi connectivity index (χ3n) is 2.76. The average molecular weight is 304 g/mol. The number of amides is 1. The van der Waals surface area contributed by atoms with E-state index in [1.807, 2.05) is 6.92 Å². The van der Waals surface area contributed by atoms with Crippen molar-refractivity contribution in [1.82, 2.24) is 5.32 Å². The van der Waals surface area contributed by atoms with Gasteiger partial charge in [-0.3, -0.25) is 9.59 Å². The maximum atomic E-state index is 11.9. The Morgan fingerprint density at radius 1 is 1.37 bits per heavy atom. The molecule has 0 saturated carbocycles. The van der Waals surface area contributed by atoms with E-state index in [4.69, 9.17) is 28.3 Å². The zero-order valence-electron chi connectivity index (χ0n) is 10.5. The van der Waals surface area contributed by atoms with Crippen molar-refractivity contribution in [2.45, 2.75) is 19.8 Å². The summed E-state index contributed by atoms with van der Waals surface area (Å²) in [6.07, 6.45) is 0.704. The number of rotatable bonds is 6. The van der Waals surface area contributed by atoms with Crippen LogP contribution in [0.2, 0.25) is 10.0 Å². The number of carbonyl (C=O) groups excluding carboxylic acids is 1. The third kappa shape index (κ3) is 5.09. The summed E-state index contributed by atoms with van der Waals surface area (Å²) in [4.78, 5) is 22.6. The first-order valence-electron chi connectivity index (χ1n) is 5.89. The van der Waals surface area contributed by atoms with Gasteiger partial charge in [-0.2, -0.15) is 0 Å². The van der Waals surface area contributed by atoms with E-state index >= 15 is 0 Å². The minimum absolute atomic E-state index is 0.0278. The van der Waals surface area contributed by atoms with Crippen molar-refractivity contribution in [2.24, 2.45) is 5.92 Å². The van der Waals surface area contributed by atoms with Crippen LogP contribution in [-0.4, -0.2) is 23.5 Å². The summed E-state index contributed by atoms with van der Waals surface area (Å²) in [7, 11) is 0. The van der Waals surface area contributed by atoms with Gasteiger partial charge >= 0.3 is 5.97 Å². The molecule has 0 aliphatic rings. The van der Waals surface area contributed by atoms with Gasteiger partial charge in [-0.05, 0) is 24.1 Å². The van der Waals surface area contributed by atoms with Gasteiger partial charge in [0.25, 0.3) is 5.91 Å². The lowest BCUT2D eigenvalue weighted by Gasteiger charge is -2.14. The molecule has 19 heavy (non-hydrogen) atoms. The number of benzene rings is 1. The van der Waals surface area contributed by atoms with Crippen LogP contribution >= 0.6 is 23.2 Å². The summed E-state index contributed by atoms with van der Waals surface area (Å²) in [5, 5.41) is 12.1. The average Bonchev–Trinajstić information content (AvgIpc) is 2.36. The molecule has 0 fully saturated rings. The molecule has 1 rings (SSSR count). The SMILES string of the molecule is CCC(CNC(=O)c1cc(Cl)ccc1Cl)CC(=O)O. The van der Waals surface area contributed by atoms with Gasteiger partial charge < -0.3 is 10.4 Å². The van der Waals surface area contributed by atoms with Crippen molar-refractivity contribution in [3.05, 3.63) is 33.8 Å². The molecule has 0 bridgehead atoms. The maximum Gasteiger partial charge on any atom is 0.303 e. The molecule has 1 aromatic rings. The molecule has 0 aliphatic heterocycles. The first-order chi connectivity index (χ1) is 8.93. The molecule has 4 nitrogen and oxygen atoms in total. The lowest BCUT2D eigenvalue weighted by Crippen LogP contribution is -2.30. The van der Waals surface area contributed by atoms with E-state index in [1.165, 1.54) is 6.07 Å². The Labute approximate surface area is 121 Å². The monoisotopic (exact) mass is 303 g/mol. The second kappa shape index (κ2) is 7.36. The molecule has 0 heterocycles. The number of carbonyl (C=O) groups is 2. The molecule has 1 atom stereocenters. The summed E-state index contributed by atoms with van der Waals surface area (Å²) < 4.78 is 0. The van der Waals surface area contributed by atoms with Gasteiger partial charge in [-0.25, -0.2) is 0 Å². The van der Waals surface area contributed by atoms with E-state index in [0.29, 0.717) is 28.6 Å². The Morgan fingerprint density at radius 2 is 2.05 bits per heavy atom. The van der Waals surface area contributed by atoms with Crippen LogP contribution in [0.5, 0.6) is 0 Å². The van der Waals surface area contributed by atoms with E-state index in [-0.39, 0.29) is 18.2 Å². The molecule has 0 aromatic heterocycles. The second-order valence-corrected chi connectivity index (χ2v) is 5.05. The highest BCUT2D eigenvalue weighted by Crippen LogP contribution is 2.20. The molecule has 104 valence electrons. The van der Waals surface area contributed by atoms with E-state index in [0.717, 1.165) is 0 Å². The number of aliphatic carboxylic acids is 1. The molecular formula is C13H15Cl2NO3. The third-order valence-corrected chi connectivity index (χ3v) is 3.33. The normalized spacial score (nSPS) is 11.9. The van der Waals surface area contributed by atoms with E-state index in [2.05, 4.69) is 5.32 Å². The van der Waals surface area contributed by atoms with Gasteiger partial charge in [-0.15, -0.1) is 0 Å². The van der Waals surface area contributed by atoms with Crippen molar-refractivity contribution in [3.8, 4) is 0 Å². The zero-order valence-corrected chi connectivity index (χ0v) is 12.0. The van der Waals surface area contributed by atoms with Crippen LogP contribution in [0.25, 0.3) is 0 Å². The van der Waals surface area contributed by atoms with E-state index in [9.17, 15) is 9.59 Å². The predicted octanol–water partition coefficient (Wildman–Crippen LogP) is 3.22. The van der Waals surface area contributed by atoms with Crippen LogP contribution in [-0.2, 0) is 4.79 Å². The van der Waals surface area contributed by atoms with Gasteiger partial charge in [0.05, 0.1) is 10.6 Å². The Bertz CT molecular complexity index is 477. The quantitative estimate of drug-likeness (QED) is 0.848. The van der Waals surface area contributed by atoms with Gasteiger partial charge in [-0.1, -0.05) is 36.5 Å². The summed E-state index contributed by atoms with van der Waals surface area (Å²) in [5.74, 6) is -1.32. The number of carboxylic acid groups (broad SMARTS) is 1. The highest BCUT2D eigenvalue weighted by Gasteiger charge is 2.15. The number of hydrogen-bond acceptors (Lipinski definition) is 2. The molecule has 0 spiro atoms. The predicted molar refractivity (Wildman–Crippen MR) is 74.8 cm³/mol. The van der Waals surface area contributed by atoms with E-state index in [1.54, 1.807) is 12.1 Å². The fourth-order valence-electron chi connectivity index (χ4n) is 1.61. The Hall–Kier alpha value is -1.26. The lowest BCUT2D eigenvalue weighted by atomic mass is 10.0. The largest absolute Gasteiger partial charge is 0.481 e. The van der Waals surface area contributed by atoms with Crippen molar-refractivity contribution in [3.63, 3.8) is 0 Å². The van der Waals surface area contributed by atoms with Crippen molar-refractivity contribution in [2.75, 3.05) is 6.54 Å². The molecule has 6 heteroatoms. The molecule has 0 saturated heterocycles. The smallest absolute Gasteiger partial charge is 0.303 e. The first kappa shape index (κ1) is 15.8. The zero-order chi connectivity index (χ0) is 14.4. The van der Waals surface area contributed by atoms with Crippen LogP contribution in [0.1, 0.15) is 30.1 Å². The van der Waals surface area contributed by atoms with Crippen molar-refractivity contribution in [1.29, 1.82) is 0 Å². The fourth-order valence-corrected chi connectivity index (χ4v) is 1.99. The van der Waals surface area contributed by atoms with Gasteiger partial charge in [0, 0.05) is 18.0 Å². The first-order valence-corrected chi connectivity index (χ1v) is 6.64. The maximum absolute atomic E-state index is 11.9. The standard InChI is InChI=1S/C13H15Cl2NO3/c1-2-8(5-12(17)18)7-16-13(19)10-6-9(14)3-4-11(10)15/h3-4,6,8H,2,5,7H2,1H3,(H,16,19)(H,17,18). The molecular weight excluding hydrogens is 289 g/mol. The van der Waals surface area contributed by atoms with Gasteiger partial charge in [0.1, 0.15) is 0 Å². The highest BCUT2D eigenvalue weighted by atomic mass is 35.5. The molecule has 1 amide bonds. The summed E-state index contributed by atoms with van der Waals surface area (Å²) in [5.41, 5.74) is 0.291.